The first-order chi connectivity index (χ1) is 8.29. The van der Waals surface area contributed by atoms with Crippen molar-refractivity contribution in [2.24, 2.45) is 0 Å². The first kappa shape index (κ1) is 12.8. The highest BCUT2D eigenvalue weighted by atomic mass is 35.5. The van der Waals surface area contributed by atoms with Crippen molar-refractivity contribution in [3.8, 4) is 0 Å². The molecule has 0 spiro atoms. The zero-order valence-corrected chi connectivity index (χ0v) is 10.9. The van der Waals surface area contributed by atoms with Gasteiger partial charge in [-0.15, -0.1) is 0 Å². The van der Waals surface area contributed by atoms with Crippen LogP contribution in [0.25, 0.3) is 0 Å². The lowest BCUT2D eigenvalue weighted by Crippen LogP contribution is -2.45. The van der Waals surface area contributed by atoms with Crippen LogP contribution in [0.1, 0.15) is 5.56 Å². The molecule has 1 aromatic carbocycles. The predicted octanol–water partition coefficient (Wildman–Crippen LogP) is 1.76. The van der Waals surface area contributed by atoms with Crippen LogP contribution in [0.4, 0.5) is 0 Å². The van der Waals surface area contributed by atoms with Crippen molar-refractivity contribution in [1.82, 2.24) is 10.2 Å². The Balaban J connectivity index is 1.92. The van der Waals surface area contributed by atoms with Gasteiger partial charge in [-0.25, -0.2) is 0 Å². The molecule has 17 heavy (non-hydrogen) atoms. The lowest BCUT2D eigenvalue weighted by molar-refractivity contribution is -0.0291. The van der Waals surface area contributed by atoms with Gasteiger partial charge in [0.15, 0.2) is 0 Å². The standard InChI is InChI=1S/C13H19ClN2O/c1-15-8-12-10-16(6-7-17-12)9-11-4-2-3-5-13(11)14/h2-5,12,15H,6-10H2,1H3. The van der Waals surface area contributed by atoms with Gasteiger partial charge in [0.2, 0.25) is 0 Å². The predicted molar refractivity (Wildman–Crippen MR) is 70.4 cm³/mol. The largest absolute Gasteiger partial charge is 0.374 e. The summed E-state index contributed by atoms with van der Waals surface area (Å²) >= 11 is 6.17. The summed E-state index contributed by atoms with van der Waals surface area (Å²) in [5.41, 5.74) is 1.19. The van der Waals surface area contributed by atoms with Crippen LogP contribution in [0.5, 0.6) is 0 Å². The lowest BCUT2D eigenvalue weighted by atomic mass is 10.2. The van der Waals surface area contributed by atoms with Gasteiger partial charge in [-0.2, -0.15) is 0 Å². The molecule has 0 radical (unpaired) electrons. The van der Waals surface area contributed by atoms with Crippen LogP contribution < -0.4 is 5.32 Å². The third-order valence-corrected chi connectivity index (χ3v) is 3.38. The molecule has 0 aliphatic carbocycles. The molecule has 1 fully saturated rings. The van der Waals surface area contributed by atoms with Crippen molar-refractivity contribution in [1.29, 1.82) is 0 Å². The van der Waals surface area contributed by atoms with Gasteiger partial charge in [0.25, 0.3) is 0 Å². The molecule has 0 saturated carbocycles. The second kappa shape index (κ2) is 6.36. The van der Waals surface area contributed by atoms with Crippen LogP contribution >= 0.6 is 11.6 Å². The number of hydrogen-bond acceptors (Lipinski definition) is 3. The van der Waals surface area contributed by atoms with Crippen molar-refractivity contribution >= 4 is 11.6 Å². The molecule has 1 unspecified atom stereocenters. The number of halogens is 1. The molecule has 0 aromatic heterocycles. The normalized spacial score (nSPS) is 21.6. The van der Waals surface area contributed by atoms with Crippen LogP contribution in [0, 0.1) is 0 Å². The summed E-state index contributed by atoms with van der Waals surface area (Å²) in [6, 6.07) is 8.04. The monoisotopic (exact) mass is 254 g/mol. The lowest BCUT2D eigenvalue weighted by Gasteiger charge is -2.33. The fourth-order valence-electron chi connectivity index (χ4n) is 2.14. The molecule has 1 saturated heterocycles. The minimum absolute atomic E-state index is 0.288. The second-order valence-electron chi connectivity index (χ2n) is 4.38. The minimum atomic E-state index is 0.288. The number of benzene rings is 1. The molecular weight excluding hydrogens is 236 g/mol. The highest BCUT2D eigenvalue weighted by Crippen LogP contribution is 2.18. The second-order valence-corrected chi connectivity index (χ2v) is 4.78. The summed E-state index contributed by atoms with van der Waals surface area (Å²) in [4.78, 5) is 2.40. The van der Waals surface area contributed by atoms with Gasteiger partial charge in [0, 0.05) is 31.2 Å². The van der Waals surface area contributed by atoms with Crippen molar-refractivity contribution in [3.05, 3.63) is 34.9 Å². The fraction of sp³-hybridized carbons (Fsp3) is 0.538. The maximum Gasteiger partial charge on any atom is 0.0826 e. The Morgan fingerprint density at radius 2 is 2.29 bits per heavy atom. The summed E-state index contributed by atoms with van der Waals surface area (Å²) in [7, 11) is 1.95. The van der Waals surface area contributed by atoms with E-state index >= 15 is 0 Å². The Bertz CT molecular complexity index is 357. The van der Waals surface area contributed by atoms with E-state index in [4.69, 9.17) is 16.3 Å². The average molecular weight is 255 g/mol. The number of ether oxygens (including phenoxy) is 1. The fourth-order valence-corrected chi connectivity index (χ4v) is 2.34. The van der Waals surface area contributed by atoms with Gasteiger partial charge >= 0.3 is 0 Å². The number of likely N-dealkylation sites (N-methyl/N-ethyl adjacent to an activating group) is 1. The van der Waals surface area contributed by atoms with E-state index < -0.39 is 0 Å². The Morgan fingerprint density at radius 3 is 3.06 bits per heavy atom. The summed E-state index contributed by atoms with van der Waals surface area (Å²) in [5.74, 6) is 0. The first-order valence-corrected chi connectivity index (χ1v) is 6.39. The molecule has 1 heterocycles. The first-order valence-electron chi connectivity index (χ1n) is 6.01. The van der Waals surface area contributed by atoms with Gasteiger partial charge in [0.05, 0.1) is 12.7 Å². The Labute approximate surface area is 108 Å². The maximum atomic E-state index is 6.17. The van der Waals surface area contributed by atoms with Crippen LogP contribution in [-0.2, 0) is 11.3 Å². The summed E-state index contributed by atoms with van der Waals surface area (Å²) in [5, 5.41) is 4.01. The molecule has 0 amide bonds. The SMILES string of the molecule is CNCC1CN(Cc2ccccc2Cl)CCO1. The molecule has 1 aromatic rings. The van der Waals surface area contributed by atoms with Gasteiger partial charge in [-0.1, -0.05) is 29.8 Å². The number of nitrogens with one attached hydrogen (secondary N) is 1. The highest BCUT2D eigenvalue weighted by Gasteiger charge is 2.20. The van der Waals surface area contributed by atoms with Crippen molar-refractivity contribution < 1.29 is 4.74 Å². The van der Waals surface area contributed by atoms with Crippen molar-refractivity contribution in [2.75, 3.05) is 33.3 Å². The third-order valence-electron chi connectivity index (χ3n) is 3.01. The van der Waals surface area contributed by atoms with Gasteiger partial charge in [-0.05, 0) is 18.7 Å². The number of hydrogen-bond donors (Lipinski definition) is 1. The maximum absolute atomic E-state index is 6.17. The van der Waals surface area contributed by atoms with Crippen molar-refractivity contribution in [3.63, 3.8) is 0 Å². The third kappa shape index (κ3) is 3.68. The van der Waals surface area contributed by atoms with Crippen LogP contribution in [0.3, 0.4) is 0 Å². The number of rotatable bonds is 4. The molecule has 94 valence electrons. The van der Waals surface area contributed by atoms with Gasteiger partial charge in [0.1, 0.15) is 0 Å². The summed E-state index contributed by atoms with van der Waals surface area (Å²) in [6.45, 7) is 4.55. The molecular formula is C13H19ClN2O. The molecule has 2 rings (SSSR count). The Hall–Kier alpha value is -0.610. The van der Waals surface area contributed by atoms with Crippen molar-refractivity contribution in [2.45, 2.75) is 12.6 Å². The van der Waals surface area contributed by atoms with E-state index in [0.29, 0.717) is 0 Å². The molecule has 1 atom stereocenters. The Kier molecular flexibility index (Phi) is 4.80. The van der Waals surface area contributed by atoms with E-state index in [2.05, 4.69) is 16.3 Å². The van der Waals surface area contributed by atoms with E-state index in [-0.39, 0.29) is 6.10 Å². The molecule has 1 N–H and O–H groups in total. The van der Waals surface area contributed by atoms with E-state index in [0.717, 1.165) is 37.8 Å². The van der Waals surface area contributed by atoms with E-state index in [1.807, 2.05) is 25.2 Å². The Morgan fingerprint density at radius 1 is 1.47 bits per heavy atom. The number of nitrogens with zero attached hydrogens (tertiary/aromatic N) is 1. The molecule has 0 bridgehead atoms. The van der Waals surface area contributed by atoms with E-state index in [9.17, 15) is 0 Å². The zero-order valence-electron chi connectivity index (χ0n) is 10.2. The smallest absolute Gasteiger partial charge is 0.0826 e. The number of morpholine rings is 1. The molecule has 3 nitrogen and oxygen atoms in total. The zero-order chi connectivity index (χ0) is 12.1. The summed E-state index contributed by atoms with van der Waals surface area (Å²) in [6.07, 6.45) is 0.288. The van der Waals surface area contributed by atoms with E-state index in [1.165, 1.54) is 5.56 Å². The molecule has 1 aliphatic rings. The average Bonchev–Trinajstić information content (AvgIpc) is 2.33. The van der Waals surface area contributed by atoms with Gasteiger partial charge < -0.3 is 10.1 Å². The van der Waals surface area contributed by atoms with Crippen LogP contribution in [0.2, 0.25) is 5.02 Å². The quantitative estimate of drug-likeness (QED) is 0.886. The highest BCUT2D eigenvalue weighted by molar-refractivity contribution is 6.31. The van der Waals surface area contributed by atoms with Gasteiger partial charge in [-0.3, -0.25) is 4.90 Å². The van der Waals surface area contributed by atoms with Crippen LogP contribution in [-0.4, -0.2) is 44.3 Å². The topological polar surface area (TPSA) is 24.5 Å². The van der Waals surface area contributed by atoms with E-state index in [1.54, 1.807) is 0 Å². The molecule has 1 aliphatic heterocycles. The van der Waals surface area contributed by atoms with Crippen LogP contribution in [0.15, 0.2) is 24.3 Å². The molecule has 4 heteroatoms. The minimum Gasteiger partial charge on any atom is -0.374 e. The summed E-state index contributed by atoms with van der Waals surface area (Å²) < 4.78 is 5.68.